The van der Waals surface area contributed by atoms with Gasteiger partial charge in [-0.2, -0.15) is 0 Å². The lowest BCUT2D eigenvalue weighted by molar-refractivity contribution is 0.0742. The maximum atomic E-state index is 12.2. The Bertz CT molecular complexity index is 718. The Kier molecular flexibility index (Phi) is 4.18. The minimum absolute atomic E-state index is 0.150. The fraction of sp³-hybridized carbons (Fsp3) is 0.267. The van der Waals surface area contributed by atoms with Gasteiger partial charge in [0, 0.05) is 13.3 Å². The molecular weight excluding hydrogens is 290 g/mol. The second-order valence-electron chi connectivity index (χ2n) is 4.95. The molecule has 0 bridgehead atoms. The molecule has 1 atom stereocenters. The molecule has 1 amide bonds. The van der Waals surface area contributed by atoms with E-state index >= 15 is 0 Å². The lowest BCUT2D eigenvalue weighted by Crippen LogP contribution is -2.29. The first-order valence-corrected chi connectivity index (χ1v) is 8.29. The summed E-state index contributed by atoms with van der Waals surface area (Å²) in [6.45, 7) is 1.88. The lowest BCUT2D eigenvalue weighted by Gasteiger charge is -2.25. The highest BCUT2D eigenvalue weighted by molar-refractivity contribution is 7.90. The second-order valence-corrected chi connectivity index (χ2v) is 6.96. The number of amides is 1. The Morgan fingerprint density at radius 2 is 1.81 bits per heavy atom. The molecular formula is C15H17NO4S. The Morgan fingerprint density at radius 1 is 1.19 bits per heavy atom. The molecule has 1 heterocycles. The number of carbonyl (C=O) groups is 1. The Balaban J connectivity index is 2.20. The third-order valence-corrected chi connectivity index (χ3v) is 4.59. The summed E-state index contributed by atoms with van der Waals surface area (Å²) in [6.07, 6.45) is 4.02. The van der Waals surface area contributed by atoms with E-state index in [4.69, 9.17) is 4.42 Å². The fourth-order valence-electron chi connectivity index (χ4n) is 1.98. The van der Waals surface area contributed by atoms with Gasteiger partial charge in [-0.05, 0) is 30.7 Å². The highest BCUT2D eigenvalue weighted by Gasteiger charge is 2.20. The number of hydrogen-bond acceptors (Lipinski definition) is 4. The van der Waals surface area contributed by atoms with Gasteiger partial charge in [-0.25, -0.2) is 8.42 Å². The summed E-state index contributed by atoms with van der Waals surface area (Å²) in [7, 11) is -1.51. The van der Waals surface area contributed by atoms with Crippen molar-refractivity contribution >= 4 is 15.7 Å². The van der Waals surface area contributed by atoms with Gasteiger partial charge < -0.3 is 9.32 Å². The van der Waals surface area contributed by atoms with Gasteiger partial charge in [-0.1, -0.05) is 12.1 Å². The molecule has 0 aliphatic rings. The Labute approximate surface area is 124 Å². The number of furan rings is 1. The molecule has 21 heavy (non-hydrogen) atoms. The molecule has 0 aliphatic heterocycles. The van der Waals surface area contributed by atoms with E-state index in [1.54, 1.807) is 42.3 Å². The summed E-state index contributed by atoms with van der Waals surface area (Å²) in [5.74, 6) is -0.150. The number of carbonyl (C=O) groups excluding carboxylic acids is 1. The van der Waals surface area contributed by atoms with E-state index in [0.29, 0.717) is 5.56 Å². The van der Waals surface area contributed by atoms with E-state index < -0.39 is 9.84 Å². The van der Waals surface area contributed by atoms with Gasteiger partial charge in [0.25, 0.3) is 5.91 Å². The van der Waals surface area contributed by atoms with E-state index in [9.17, 15) is 13.2 Å². The number of benzene rings is 1. The largest absolute Gasteiger partial charge is 0.472 e. The van der Waals surface area contributed by atoms with Crippen LogP contribution in [-0.2, 0) is 9.84 Å². The molecule has 0 spiro atoms. The van der Waals surface area contributed by atoms with Gasteiger partial charge in [-0.3, -0.25) is 4.79 Å². The number of sulfone groups is 1. The molecule has 5 nitrogen and oxygen atoms in total. The van der Waals surface area contributed by atoms with Crippen LogP contribution in [0.5, 0.6) is 0 Å². The molecule has 0 fully saturated rings. The molecule has 0 saturated heterocycles. The van der Waals surface area contributed by atoms with E-state index in [-0.39, 0.29) is 16.8 Å². The zero-order chi connectivity index (χ0) is 15.6. The predicted octanol–water partition coefficient (Wildman–Crippen LogP) is 2.52. The van der Waals surface area contributed by atoms with Crippen LogP contribution in [0.3, 0.4) is 0 Å². The average molecular weight is 307 g/mol. The van der Waals surface area contributed by atoms with Crippen LogP contribution in [0.15, 0.2) is 52.2 Å². The molecule has 6 heteroatoms. The quantitative estimate of drug-likeness (QED) is 0.870. The first-order valence-electron chi connectivity index (χ1n) is 6.40. The summed E-state index contributed by atoms with van der Waals surface area (Å²) in [4.78, 5) is 14.1. The predicted molar refractivity (Wildman–Crippen MR) is 78.8 cm³/mol. The molecule has 112 valence electrons. The normalized spacial score (nSPS) is 12.9. The summed E-state index contributed by atoms with van der Waals surface area (Å²) in [5, 5.41) is 0. The smallest absolute Gasteiger partial charge is 0.257 e. The summed E-state index contributed by atoms with van der Waals surface area (Å²) in [5.41, 5.74) is 1.35. The maximum Gasteiger partial charge on any atom is 0.257 e. The van der Waals surface area contributed by atoms with Crippen molar-refractivity contribution in [2.45, 2.75) is 17.9 Å². The van der Waals surface area contributed by atoms with Crippen molar-refractivity contribution < 1.29 is 17.6 Å². The van der Waals surface area contributed by atoms with Crippen LogP contribution in [0, 0.1) is 0 Å². The van der Waals surface area contributed by atoms with E-state index in [2.05, 4.69) is 0 Å². The molecule has 1 aromatic heterocycles. The first kappa shape index (κ1) is 15.3. The van der Waals surface area contributed by atoms with Crippen molar-refractivity contribution in [3.63, 3.8) is 0 Å². The topological polar surface area (TPSA) is 67.6 Å². The number of hydrogen-bond donors (Lipinski definition) is 0. The molecule has 0 aliphatic carbocycles. The third kappa shape index (κ3) is 3.33. The Hall–Kier alpha value is -2.08. The van der Waals surface area contributed by atoms with Crippen molar-refractivity contribution in [1.82, 2.24) is 4.90 Å². The monoisotopic (exact) mass is 307 g/mol. The van der Waals surface area contributed by atoms with Crippen molar-refractivity contribution in [1.29, 1.82) is 0 Å². The van der Waals surface area contributed by atoms with E-state index in [0.717, 1.165) is 5.56 Å². The van der Waals surface area contributed by atoms with Crippen LogP contribution in [0.4, 0.5) is 0 Å². The van der Waals surface area contributed by atoms with Gasteiger partial charge in [0.2, 0.25) is 0 Å². The standard InChI is InChI=1S/C15H17NO4S/c1-11(16(2)15(17)13-8-9-20-10-13)12-4-6-14(7-5-12)21(3,18)19/h4-11H,1-3H3. The average Bonchev–Trinajstić information content (AvgIpc) is 2.98. The molecule has 0 saturated carbocycles. The summed E-state index contributed by atoms with van der Waals surface area (Å²) >= 11 is 0. The zero-order valence-corrected chi connectivity index (χ0v) is 12.9. The van der Waals surface area contributed by atoms with Gasteiger partial charge in [-0.15, -0.1) is 0 Å². The third-order valence-electron chi connectivity index (χ3n) is 3.46. The lowest BCUT2D eigenvalue weighted by atomic mass is 10.1. The highest BCUT2D eigenvalue weighted by atomic mass is 32.2. The van der Waals surface area contributed by atoms with Crippen molar-refractivity contribution in [3.05, 3.63) is 54.0 Å². The molecule has 0 N–H and O–H groups in total. The zero-order valence-electron chi connectivity index (χ0n) is 12.1. The first-order chi connectivity index (χ1) is 9.80. The van der Waals surface area contributed by atoms with Crippen molar-refractivity contribution in [2.75, 3.05) is 13.3 Å². The minimum Gasteiger partial charge on any atom is -0.472 e. The second kappa shape index (κ2) is 5.73. The van der Waals surface area contributed by atoms with Gasteiger partial charge in [0.05, 0.1) is 22.8 Å². The van der Waals surface area contributed by atoms with Crippen LogP contribution in [-0.4, -0.2) is 32.5 Å². The summed E-state index contributed by atoms with van der Waals surface area (Å²) in [6, 6.07) is 7.98. The van der Waals surface area contributed by atoms with Crippen LogP contribution in [0.2, 0.25) is 0 Å². The minimum atomic E-state index is -3.21. The molecule has 1 aromatic carbocycles. The SMILES string of the molecule is CC(c1ccc(S(C)(=O)=O)cc1)N(C)C(=O)c1ccoc1. The molecule has 1 unspecified atom stereocenters. The Morgan fingerprint density at radius 3 is 2.29 bits per heavy atom. The summed E-state index contributed by atoms with van der Waals surface area (Å²) < 4.78 is 27.8. The van der Waals surface area contributed by atoms with Crippen LogP contribution >= 0.6 is 0 Å². The van der Waals surface area contributed by atoms with Gasteiger partial charge in [0.15, 0.2) is 9.84 Å². The van der Waals surface area contributed by atoms with Crippen LogP contribution < -0.4 is 0 Å². The number of nitrogens with zero attached hydrogens (tertiary/aromatic N) is 1. The van der Waals surface area contributed by atoms with Crippen molar-refractivity contribution in [3.8, 4) is 0 Å². The molecule has 0 radical (unpaired) electrons. The van der Waals surface area contributed by atoms with E-state index in [1.807, 2.05) is 6.92 Å². The maximum absolute atomic E-state index is 12.2. The van der Waals surface area contributed by atoms with Crippen molar-refractivity contribution in [2.24, 2.45) is 0 Å². The molecule has 2 rings (SSSR count). The van der Waals surface area contributed by atoms with Gasteiger partial charge in [0.1, 0.15) is 6.26 Å². The number of rotatable bonds is 4. The molecule has 2 aromatic rings. The van der Waals surface area contributed by atoms with Crippen LogP contribution in [0.25, 0.3) is 0 Å². The van der Waals surface area contributed by atoms with Gasteiger partial charge >= 0.3 is 0 Å². The fourth-order valence-corrected chi connectivity index (χ4v) is 2.61. The van der Waals surface area contributed by atoms with Crippen LogP contribution in [0.1, 0.15) is 28.9 Å². The highest BCUT2D eigenvalue weighted by Crippen LogP contribution is 2.22. The van der Waals surface area contributed by atoms with E-state index in [1.165, 1.54) is 18.8 Å².